The van der Waals surface area contributed by atoms with E-state index in [4.69, 9.17) is 14.6 Å². The van der Waals surface area contributed by atoms with Crippen molar-refractivity contribution in [2.45, 2.75) is 12.5 Å². The standard InChI is InChI=1S/C11H19NO7S/c1-18-3-4-19-7-10(13)12-2-5-20(16,17)8-9(12)6-11(14)15/h9H,2-8H2,1H3,(H,14,15). The summed E-state index contributed by atoms with van der Waals surface area (Å²) in [5, 5.41) is 8.80. The molecular weight excluding hydrogens is 290 g/mol. The minimum atomic E-state index is -3.29. The quantitative estimate of drug-likeness (QED) is 0.585. The molecule has 0 saturated carbocycles. The third-order valence-corrected chi connectivity index (χ3v) is 4.62. The van der Waals surface area contributed by atoms with Crippen LogP contribution in [-0.4, -0.2) is 81.3 Å². The molecule has 1 amide bonds. The fourth-order valence-electron chi connectivity index (χ4n) is 1.97. The highest BCUT2D eigenvalue weighted by atomic mass is 32.2. The van der Waals surface area contributed by atoms with E-state index >= 15 is 0 Å². The number of nitrogens with zero attached hydrogens (tertiary/aromatic N) is 1. The van der Waals surface area contributed by atoms with Gasteiger partial charge in [-0.3, -0.25) is 9.59 Å². The summed E-state index contributed by atoms with van der Waals surface area (Å²) in [4.78, 5) is 24.0. The second-order valence-corrected chi connectivity index (χ2v) is 6.73. The fraction of sp³-hybridized carbons (Fsp3) is 0.818. The van der Waals surface area contributed by atoms with Crippen LogP contribution >= 0.6 is 0 Å². The molecule has 116 valence electrons. The second-order valence-electron chi connectivity index (χ2n) is 4.50. The van der Waals surface area contributed by atoms with Crippen LogP contribution in [0.5, 0.6) is 0 Å². The number of amides is 1. The van der Waals surface area contributed by atoms with E-state index in [0.29, 0.717) is 6.61 Å². The van der Waals surface area contributed by atoms with Gasteiger partial charge in [0.05, 0.1) is 37.2 Å². The normalized spacial score (nSPS) is 21.6. The summed E-state index contributed by atoms with van der Waals surface area (Å²) in [6, 6.07) is -0.829. The zero-order chi connectivity index (χ0) is 15.2. The Kier molecular flexibility index (Phi) is 6.37. The highest BCUT2D eigenvalue weighted by molar-refractivity contribution is 7.91. The van der Waals surface area contributed by atoms with Gasteiger partial charge in [-0.2, -0.15) is 0 Å². The SMILES string of the molecule is COCCOCC(=O)N1CCS(=O)(=O)CC1CC(=O)O. The summed E-state index contributed by atoms with van der Waals surface area (Å²) in [5.41, 5.74) is 0. The predicted molar refractivity (Wildman–Crippen MR) is 69.1 cm³/mol. The predicted octanol–water partition coefficient (Wildman–Crippen LogP) is -1.25. The molecule has 0 bridgehead atoms. The molecule has 0 radical (unpaired) electrons. The summed E-state index contributed by atoms with van der Waals surface area (Å²) < 4.78 is 32.9. The molecule has 0 aromatic rings. The molecule has 1 fully saturated rings. The van der Waals surface area contributed by atoms with Crippen LogP contribution in [0.3, 0.4) is 0 Å². The first-order valence-electron chi connectivity index (χ1n) is 6.14. The third-order valence-electron chi connectivity index (χ3n) is 2.92. The van der Waals surface area contributed by atoms with Crippen molar-refractivity contribution in [2.24, 2.45) is 0 Å². The maximum Gasteiger partial charge on any atom is 0.305 e. The van der Waals surface area contributed by atoms with Crippen molar-refractivity contribution in [3.8, 4) is 0 Å². The van der Waals surface area contributed by atoms with Crippen LogP contribution in [0.2, 0.25) is 0 Å². The Labute approximate surface area is 117 Å². The van der Waals surface area contributed by atoms with Crippen molar-refractivity contribution in [1.29, 1.82) is 0 Å². The Morgan fingerprint density at radius 1 is 1.35 bits per heavy atom. The molecule has 1 atom stereocenters. The average molecular weight is 309 g/mol. The Hall–Kier alpha value is -1.19. The molecule has 1 aliphatic heterocycles. The Balaban J connectivity index is 2.60. The monoisotopic (exact) mass is 309 g/mol. The number of methoxy groups -OCH3 is 1. The lowest BCUT2D eigenvalue weighted by Gasteiger charge is -2.34. The first-order valence-corrected chi connectivity index (χ1v) is 7.96. The lowest BCUT2D eigenvalue weighted by molar-refractivity contribution is -0.142. The van der Waals surface area contributed by atoms with Crippen molar-refractivity contribution in [1.82, 2.24) is 4.90 Å². The number of ether oxygens (including phenoxy) is 2. The van der Waals surface area contributed by atoms with E-state index in [1.54, 1.807) is 0 Å². The van der Waals surface area contributed by atoms with Gasteiger partial charge in [-0.05, 0) is 0 Å². The molecule has 1 N–H and O–H groups in total. The summed E-state index contributed by atoms with van der Waals surface area (Å²) in [5.74, 6) is -2.00. The van der Waals surface area contributed by atoms with E-state index in [9.17, 15) is 18.0 Å². The van der Waals surface area contributed by atoms with Crippen molar-refractivity contribution < 1.29 is 32.6 Å². The van der Waals surface area contributed by atoms with Crippen LogP contribution in [0.4, 0.5) is 0 Å². The minimum Gasteiger partial charge on any atom is -0.481 e. The van der Waals surface area contributed by atoms with Gasteiger partial charge in [0.25, 0.3) is 0 Å². The number of sulfone groups is 1. The smallest absolute Gasteiger partial charge is 0.305 e. The zero-order valence-corrected chi connectivity index (χ0v) is 12.1. The summed E-state index contributed by atoms with van der Waals surface area (Å²) in [7, 11) is -1.79. The van der Waals surface area contributed by atoms with Gasteiger partial charge in [0.15, 0.2) is 9.84 Å². The van der Waals surface area contributed by atoms with Gasteiger partial charge < -0.3 is 19.5 Å². The van der Waals surface area contributed by atoms with Crippen molar-refractivity contribution in [2.75, 3.05) is 45.0 Å². The van der Waals surface area contributed by atoms with Crippen LogP contribution in [0.25, 0.3) is 0 Å². The first kappa shape index (κ1) is 16.9. The van der Waals surface area contributed by atoms with E-state index in [-0.39, 0.29) is 37.7 Å². The van der Waals surface area contributed by atoms with E-state index in [0.717, 1.165) is 0 Å². The van der Waals surface area contributed by atoms with Crippen molar-refractivity contribution in [3.63, 3.8) is 0 Å². The maximum absolute atomic E-state index is 11.9. The van der Waals surface area contributed by atoms with Gasteiger partial charge in [0, 0.05) is 13.7 Å². The molecule has 1 saturated heterocycles. The van der Waals surface area contributed by atoms with E-state index in [1.165, 1.54) is 12.0 Å². The minimum absolute atomic E-state index is 0.00670. The molecular formula is C11H19NO7S. The van der Waals surface area contributed by atoms with Crippen LogP contribution in [-0.2, 0) is 28.9 Å². The number of aliphatic carboxylic acids is 1. The number of carbonyl (C=O) groups excluding carboxylic acids is 1. The number of hydrogen-bond acceptors (Lipinski definition) is 6. The zero-order valence-electron chi connectivity index (χ0n) is 11.3. The molecule has 0 aromatic heterocycles. The van der Waals surface area contributed by atoms with Crippen molar-refractivity contribution >= 4 is 21.7 Å². The lowest BCUT2D eigenvalue weighted by atomic mass is 10.2. The number of carboxylic acids is 1. The Bertz CT molecular complexity index is 448. The van der Waals surface area contributed by atoms with Gasteiger partial charge in [-0.15, -0.1) is 0 Å². The van der Waals surface area contributed by atoms with E-state index in [2.05, 4.69) is 0 Å². The molecule has 1 rings (SSSR count). The topological polar surface area (TPSA) is 110 Å². The van der Waals surface area contributed by atoms with Crippen LogP contribution in [0.1, 0.15) is 6.42 Å². The average Bonchev–Trinajstić information content (AvgIpc) is 2.32. The first-order chi connectivity index (χ1) is 9.35. The van der Waals surface area contributed by atoms with Crippen LogP contribution in [0.15, 0.2) is 0 Å². The fourth-order valence-corrected chi connectivity index (χ4v) is 3.50. The highest BCUT2D eigenvalue weighted by Crippen LogP contribution is 2.15. The molecule has 0 aliphatic carbocycles. The molecule has 1 unspecified atom stereocenters. The van der Waals surface area contributed by atoms with Gasteiger partial charge in [0.1, 0.15) is 6.61 Å². The van der Waals surface area contributed by atoms with E-state index in [1.807, 2.05) is 0 Å². The van der Waals surface area contributed by atoms with E-state index < -0.39 is 27.8 Å². The molecule has 9 heteroatoms. The molecule has 1 heterocycles. The molecule has 0 spiro atoms. The molecule has 8 nitrogen and oxygen atoms in total. The summed E-state index contributed by atoms with van der Waals surface area (Å²) >= 11 is 0. The number of carbonyl (C=O) groups is 2. The Morgan fingerprint density at radius 2 is 2.05 bits per heavy atom. The molecule has 20 heavy (non-hydrogen) atoms. The third kappa shape index (κ3) is 5.43. The van der Waals surface area contributed by atoms with Crippen LogP contribution in [0, 0.1) is 0 Å². The highest BCUT2D eigenvalue weighted by Gasteiger charge is 2.35. The van der Waals surface area contributed by atoms with Crippen molar-refractivity contribution in [3.05, 3.63) is 0 Å². The number of rotatable bonds is 7. The lowest BCUT2D eigenvalue weighted by Crippen LogP contribution is -2.53. The summed E-state index contributed by atoms with van der Waals surface area (Å²) in [6.45, 7) is 0.393. The largest absolute Gasteiger partial charge is 0.481 e. The van der Waals surface area contributed by atoms with Gasteiger partial charge >= 0.3 is 5.97 Å². The van der Waals surface area contributed by atoms with Gasteiger partial charge in [-0.1, -0.05) is 0 Å². The maximum atomic E-state index is 11.9. The molecule has 0 aromatic carbocycles. The van der Waals surface area contributed by atoms with Crippen LogP contribution < -0.4 is 0 Å². The molecule has 1 aliphatic rings. The second kappa shape index (κ2) is 7.55. The Morgan fingerprint density at radius 3 is 2.65 bits per heavy atom. The number of hydrogen-bond donors (Lipinski definition) is 1. The number of carboxylic acid groups (broad SMARTS) is 1. The summed E-state index contributed by atoms with van der Waals surface area (Å²) in [6.07, 6.45) is -0.386. The van der Waals surface area contributed by atoms with Gasteiger partial charge in [-0.25, -0.2) is 8.42 Å². The van der Waals surface area contributed by atoms with Gasteiger partial charge in [0.2, 0.25) is 5.91 Å².